The number of nitrogens with one attached hydrogen (secondary N) is 1. The molecule has 1 rings (SSSR count). The van der Waals surface area contributed by atoms with Crippen LogP contribution in [0.4, 0.5) is 0 Å². The summed E-state index contributed by atoms with van der Waals surface area (Å²) in [5.41, 5.74) is 0. The Morgan fingerprint density at radius 2 is 2.55 bits per heavy atom. The molecule has 1 N–H and O–H groups in total. The van der Waals surface area contributed by atoms with Gasteiger partial charge in [0, 0.05) is 0 Å². The van der Waals surface area contributed by atoms with Crippen molar-refractivity contribution in [1.29, 1.82) is 5.26 Å². The standard InChI is InChI=1S/C7H10N2O2/c1-5-2-6(3-11-5)7(10)9-4-8/h5-6H,2-3H2,1H3,(H,9,10). The molecule has 2 atom stereocenters. The maximum absolute atomic E-state index is 11.0. The van der Waals surface area contributed by atoms with Crippen LogP contribution in [0, 0.1) is 17.4 Å². The summed E-state index contributed by atoms with van der Waals surface area (Å²) in [6.45, 7) is 2.36. The molecule has 1 aliphatic rings. The molecular formula is C7H10N2O2. The number of nitrogens with zero attached hydrogens (tertiary/aromatic N) is 1. The Kier molecular flexibility index (Phi) is 2.44. The van der Waals surface area contributed by atoms with Gasteiger partial charge in [0.2, 0.25) is 5.91 Å². The van der Waals surface area contributed by atoms with E-state index in [1.54, 1.807) is 6.19 Å². The van der Waals surface area contributed by atoms with Crippen molar-refractivity contribution < 1.29 is 9.53 Å². The zero-order valence-electron chi connectivity index (χ0n) is 6.33. The number of rotatable bonds is 1. The van der Waals surface area contributed by atoms with E-state index in [0.29, 0.717) is 13.0 Å². The highest BCUT2D eigenvalue weighted by atomic mass is 16.5. The molecule has 0 aromatic rings. The summed E-state index contributed by atoms with van der Waals surface area (Å²) < 4.78 is 5.16. The monoisotopic (exact) mass is 154 g/mol. The topological polar surface area (TPSA) is 62.1 Å². The summed E-state index contributed by atoms with van der Waals surface area (Å²) in [4.78, 5) is 11.0. The number of amides is 1. The minimum Gasteiger partial charge on any atom is -0.378 e. The zero-order valence-corrected chi connectivity index (χ0v) is 6.33. The molecule has 1 amide bonds. The van der Waals surface area contributed by atoms with Gasteiger partial charge in [0.05, 0.1) is 18.6 Å². The molecule has 1 heterocycles. The minimum absolute atomic E-state index is 0.135. The van der Waals surface area contributed by atoms with Gasteiger partial charge in [0.1, 0.15) is 0 Å². The first-order chi connectivity index (χ1) is 5.24. The van der Waals surface area contributed by atoms with Gasteiger partial charge in [0.15, 0.2) is 6.19 Å². The van der Waals surface area contributed by atoms with Crippen LogP contribution >= 0.6 is 0 Å². The van der Waals surface area contributed by atoms with Crippen molar-refractivity contribution in [2.75, 3.05) is 6.61 Å². The van der Waals surface area contributed by atoms with Crippen LogP contribution in [0.3, 0.4) is 0 Å². The predicted octanol–water partition coefficient (Wildman–Crippen LogP) is 0.00868. The average Bonchev–Trinajstić information content (AvgIpc) is 2.36. The lowest BCUT2D eigenvalue weighted by Gasteiger charge is -2.01. The minimum atomic E-state index is -0.225. The van der Waals surface area contributed by atoms with Crippen LogP contribution in [-0.4, -0.2) is 18.6 Å². The summed E-state index contributed by atoms with van der Waals surface area (Å²) >= 11 is 0. The molecule has 60 valence electrons. The van der Waals surface area contributed by atoms with Gasteiger partial charge in [-0.3, -0.25) is 10.1 Å². The molecule has 0 bridgehead atoms. The second kappa shape index (κ2) is 3.35. The van der Waals surface area contributed by atoms with E-state index in [1.807, 2.05) is 6.92 Å². The van der Waals surface area contributed by atoms with Crippen LogP contribution in [0.5, 0.6) is 0 Å². The van der Waals surface area contributed by atoms with Crippen LogP contribution < -0.4 is 5.32 Å². The van der Waals surface area contributed by atoms with E-state index in [-0.39, 0.29) is 17.9 Å². The first kappa shape index (κ1) is 8.02. The Labute approximate surface area is 65.1 Å². The fourth-order valence-corrected chi connectivity index (χ4v) is 1.16. The fraction of sp³-hybridized carbons (Fsp3) is 0.714. The van der Waals surface area contributed by atoms with E-state index in [9.17, 15) is 4.79 Å². The summed E-state index contributed by atoms with van der Waals surface area (Å²) in [5.74, 6) is -0.360. The highest BCUT2D eigenvalue weighted by Crippen LogP contribution is 2.18. The van der Waals surface area contributed by atoms with Crippen LogP contribution in [0.2, 0.25) is 0 Å². The lowest BCUT2D eigenvalue weighted by molar-refractivity contribution is -0.123. The van der Waals surface area contributed by atoms with Crippen molar-refractivity contribution >= 4 is 5.91 Å². The normalized spacial score (nSPS) is 29.5. The first-order valence-corrected chi connectivity index (χ1v) is 3.54. The van der Waals surface area contributed by atoms with Crippen molar-refractivity contribution in [3.63, 3.8) is 0 Å². The number of carbonyl (C=O) groups excluding carboxylic acids is 1. The predicted molar refractivity (Wildman–Crippen MR) is 37.3 cm³/mol. The maximum atomic E-state index is 11.0. The molecule has 11 heavy (non-hydrogen) atoms. The largest absolute Gasteiger partial charge is 0.378 e. The summed E-state index contributed by atoms with van der Waals surface area (Å²) in [5, 5.41) is 10.2. The van der Waals surface area contributed by atoms with Crippen molar-refractivity contribution in [1.82, 2.24) is 5.32 Å². The van der Waals surface area contributed by atoms with Crippen molar-refractivity contribution in [2.45, 2.75) is 19.4 Å². The van der Waals surface area contributed by atoms with E-state index >= 15 is 0 Å². The Morgan fingerprint density at radius 3 is 3.00 bits per heavy atom. The Morgan fingerprint density at radius 1 is 1.82 bits per heavy atom. The number of nitriles is 1. The summed E-state index contributed by atoms with van der Waals surface area (Å²) in [6, 6.07) is 0. The second-order valence-electron chi connectivity index (χ2n) is 2.68. The Balaban J connectivity index is 2.38. The number of ether oxygens (including phenoxy) is 1. The molecule has 0 aromatic heterocycles. The molecule has 0 aromatic carbocycles. The van der Waals surface area contributed by atoms with Gasteiger partial charge in [-0.2, -0.15) is 5.26 Å². The third-order valence-electron chi connectivity index (χ3n) is 1.75. The van der Waals surface area contributed by atoms with Crippen LogP contribution in [0.1, 0.15) is 13.3 Å². The first-order valence-electron chi connectivity index (χ1n) is 3.54. The Bertz CT molecular complexity index is 197. The smallest absolute Gasteiger partial charge is 0.238 e. The summed E-state index contributed by atoms with van der Waals surface area (Å²) in [6.07, 6.45) is 2.46. The zero-order chi connectivity index (χ0) is 8.27. The maximum Gasteiger partial charge on any atom is 0.238 e. The quantitative estimate of drug-likeness (QED) is 0.427. The van der Waals surface area contributed by atoms with Gasteiger partial charge >= 0.3 is 0 Å². The third-order valence-corrected chi connectivity index (χ3v) is 1.75. The molecule has 0 aliphatic carbocycles. The SMILES string of the molecule is CC1CC(C(=O)NC#N)CO1. The van der Waals surface area contributed by atoms with Gasteiger partial charge in [0.25, 0.3) is 0 Å². The Hall–Kier alpha value is -1.08. The van der Waals surface area contributed by atoms with Crippen LogP contribution in [0.15, 0.2) is 0 Å². The van der Waals surface area contributed by atoms with E-state index in [1.165, 1.54) is 0 Å². The molecule has 1 fully saturated rings. The van der Waals surface area contributed by atoms with Crippen molar-refractivity contribution in [3.05, 3.63) is 0 Å². The molecule has 2 unspecified atom stereocenters. The average molecular weight is 154 g/mol. The molecular weight excluding hydrogens is 144 g/mol. The van der Waals surface area contributed by atoms with Crippen molar-refractivity contribution in [2.24, 2.45) is 5.92 Å². The molecule has 0 radical (unpaired) electrons. The lowest BCUT2D eigenvalue weighted by Crippen LogP contribution is -2.27. The molecule has 1 aliphatic heterocycles. The van der Waals surface area contributed by atoms with Crippen LogP contribution in [0.25, 0.3) is 0 Å². The van der Waals surface area contributed by atoms with Gasteiger partial charge in [-0.1, -0.05) is 0 Å². The van der Waals surface area contributed by atoms with Gasteiger partial charge in [-0.05, 0) is 13.3 Å². The molecule has 4 heteroatoms. The number of carbonyl (C=O) groups is 1. The highest BCUT2D eigenvalue weighted by Gasteiger charge is 2.27. The molecule has 0 saturated carbocycles. The fourth-order valence-electron chi connectivity index (χ4n) is 1.16. The number of hydrogen-bond acceptors (Lipinski definition) is 3. The molecule has 0 spiro atoms. The lowest BCUT2D eigenvalue weighted by atomic mass is 10.1. The third kappa shape index (κ3) is 1.92. The van der Waals surface area contributed by atoms with Gasteiger partial charge in [-0.15, -0.1) is 0 Å². The van der Waals surface area contributed by atoms with Crippen LogP contribution in [-0.2, 0) is 9.53 Å². The molecule has 1 saturated heterocycles. The van der Waals surface area contributed by atoms with Crippen molar-refractivity contribution in [3.8, 4) is 6.19 Å². The van der Waals surface area contributed by atoms with Gasteiger partial charge < -0.3 is 4.74 Å². The van der Waals surface area contributed by atoms with E-state index in [0.717, 1.165) is 0 Å². The van der Waals surface area contributed by atoms with Gasteiger partial charge in [-0.25, -0.2) is 0 Å². The van der Waals surface area contributed by atoms with E-state index < -0.39 is 0 Å². The molecule has 4 nitrogen and oxygen atoms in total. The van der Waals surface area contributed by atoms with E-state index in [4.69, 9.17) is 10.00 Å². The van der Waals surface area contributed by atoms with E-state index in [2.05, 4.69) is 5.32 Å². The number of hydrogen-bond donors (Lipinski definition) is 1. The highest BCUT2D eigenvalue weighted by molar-refractivity contribution is 5.80. The summed E-state index contributed by atoms with van der Waals surface area (Å²) in [7, 11) is 0. The second-order valence-corrected chi connectivity index (χ2v) is 2.68.